The lowest BCUT2D eigenvalue weighted by atomic mass is 9.94. The first-order valence-corrected chi connectivity index (χ1v) is 5.64. The van der Waals surface area contributed by atoms with E-state index in [0.29, 0.717) is 12.3 Å². The van der Waals surface area contributed by atoms with Crippen LogP contribution in [0.15, 0.2) is 10.6 Å². The third kappa shape index (κ3) is 3.56. The minimum Gasteiger partial charge on any atom is -0.437 e. The minimum absolute atomic E-state index is 0.0800. The average Bonchev–Trinajstić information content (AvgIpc) is 2.65. The molecule has 0 saturated heterocycles. The molecule has 5 heteroatoms. The normalized spacial score (nSPS) is 12.6. The Labute approximate surface area is 102 Å². The molecule has 0 bridgehead atoms. The third-order valence-corrected chi connectivity index (χ3v) is 2.40. The number of nitrogens with two attached hydrogens (primary N) is 1. The van der Waals surface area contributed by atoms with Crippen molar-refractivity contribution in [3.63, 3.8) is 0 Å². The number of nitrogens with one attached hydrogen (secondary N) is 1. The molecule has 0 aliphatic heterocycles. The first-order chi connectivity index (χ1) is 7.65. The van der Waals surface area contributed by atoms with Gasteiger partial charge >= 0.3 is 5.91 Å². The zero-order valence-corrected chi connectivity index (χ0v) is 11.1. The van der Waals surface area contributed by atoms with Gasteiger partial charge in [-0.1, -0.05) is 20.8 Å². The quantitative estimate of drug-likeness (QED) is 0.836. The number of nitrogens with zero attached hydrogens (tertiary/aromatic N) is 1. The first kappa shape index (κ1) is 13.7. The van der Waals surface area contributed by atoms with Gasteiger partial charge in [-0.2, -0.15) is 0 Å². The van der Waals surface area contributed by atoms with Crippen LogP contribution in [0.5, 0.6) is 0 Å². The smallest absolute Gasteiger partial charge is 0.307 e. The van der Waals surface area contributed by atoms with Crippen LogP contribution < -0.4 is 11.1 Å². The largest absolute Gasteiger partial charge is 0.437 e. The van der Waals surface area contributed by atoms with Gasteiger partial charge in [-0.15, -0.1) is 0 Å². The summed E-state index contributed by atoms with van der Waals surface area (Å²) in [7, 11) is 0. The molecule has 0 aliphatic rings. The molecule has 3 N–H and O–H groups in total. The summed E-state index contributed by atoms with van der Waals surface area (Å²) in [6.07, 6.45) is 1.59. The maximum Gasteiger partial charge on any atom is 0.307 e. The van der Waals surface area contributed by atoms with Crippen molar-refractivity contribution >= 4 is 5.91 Å². The van der Waals surface area contributed by atoms with E-state index in [1.807, 2.05) is 34.6 Å². The van der Waals surface area contributed by atoms with Gasteiger partial charge < -0.3 is 15.5 Å². The summed E-state index contributed by atoms with van der Waals surface area (Å²) in [6, 6.07) is 0. The van der Waals surface area contributed by atoms with Gasteiger partial charge in [0.2, 0.25) is 0 Å². The molecule has 96 valence electrons. The highest BCUT2D eigenvalue weighted by atomic mass is 16.4. The van der Waals surface area contributed by atoms with Crippen molar-refractivity contribution in [2.75, 3.05) is 6.54 Å². The van der Waals surface area contributed by atoms with Crippen LogP contribution in [0.2, 0.25) is 0 Å². The topological polar surface area (TPSA) is 81.1 Å². The number of carbonyl (C=O) groups excluding carboxylic acids is 1. The van der Waals surface area contributed by atoms with E-state index in [-0.39, 0.29) is 17.2 Å². The van der Waals surface area contributed by atoms with Crippen LogP contribution in [0.1, 0.15) is 51.1 Å². The van der Waals surface area contributed by atoms with E-state index < -0.39 is 5.54 Å². The van der Waals surface area contributed by atoms with E-state index in [1.54, 1.807) is 6.20 Å². The van der Waals surface area contributed by atoms with Gasteiger partial charge in [0.15, 0.2) is 0 Å². The highest BCUT2D eigenvalue weighted by molar-refractivity contribution is 5.90. The summed E-state index contributed by atoms with van der Waals surface area (Å²) >= 11 is 0. The molecule has 1 rings (SSSR count). The fourth-order valence-electron chi connectivity index (χ4n) is 1.14. The van der Waals surface area contributed by atoms with E-state index in [0.717, 1.165) is 0 Å². The number of carbonyl (C=O) groups is 1. The average molecular weight is 239 g/mol. The molecule has 1 aromatic heterocycles. The molecule has 0 spiro atoms. The zero-order chi connectivity index (χ0) is 13.3. The van der Waals surface area contributed by atoms with Gasteiger partial charge in [-0.05, 0) is 13.8 Å². The Balaban J connectivity index is 2.81. The lowest BCUT2D eigenvalue weighted by Gasteiger charge is -2.23. The van der Waals surface area contributed by atoms with Gasteiger partial charge in [-0.25, -0.2) is 4.98 Å². The van der Waals surface area contributed by atoms with Crippen molar-refractivity contribution in [2.24, 2.45) is 5.73 Å². The Morgan fingerprint density at radius 3 is 2.41 bits per heavy atom. The second kappa shape index (κ2) is 4.49. The van der Waals surface area contributed by atoms with Crippen molar-refractivity contribution in [2.45, 2.75) is 45.6 Å². The summed E-state index contributed by atoms with van der Waals surface area (Å²) in [4.78, 5) is 15.8. The Kier molecular flexibility index (Phi) is 3.62. The van der Waals surface area contributed by atoms with Gasteiger partial charge in [0.05, 0.1) is 6.20 Å². The minimum atomic E-state index is -0.465. The molecule has 1 heterocycles. The van der Waals surface area contributed by atoms with Crippen molar-refractivity contribution in [3.05, 3.63) is 17.8 Å². The molecule has 0 atom stereocenters. The Hall–Kier alpha value is -1.36. The van der Waals surface area contributed by atoms with Crippen LogP contribution in [0.4, 0.5) is 0 Å². The molecular formula is C12H21N3O2. The number of rotatable bonds is 3. The highest BCUT2D eigenvalue weighted by Crippen LogP contribution is 2.22. The Bertz CT molecular complexity index is 402. The number of hydrogen-bond donors (Lipinski definition) is 2. The van der Waals surface area contributed by atoms with Crippen molar-refractivity contribution in [1.29, 1.82) is 0 Å². The molecular weight excluding hydrogens is 218 g/mol. The van der Waals surface area contributed by atoms with E-state index in [4.69, 9.17) is 10.2 Å². The maximum absolute atomic E-state index is 11.8. The summed E-state index contributed by atoms with van der Waals surface area (Å²) in [5.41, 5.74) is 4.92. The summed E-state index contributed by atoms with van der Waals surface area (Å²) in [6.45, 7) is 10.0. The Morgan fingerprint density at radius 2 is 2.00 bits per heavy atom. The summed E-state index contributed by atoms with van der Waals surface area (Å²) in [5, 5.41) is 2.77. The van der Waals surface area contributed by atoms with Crippen LogP contribution in [0.3, 0.4) is 0 Å². The molecule has 1 amide bonds. The van der Waals surface area contributed by atoms with E-state index >= 15 is 0 Å². The lowest BCUT2D eigenvalue weighted by Crippen LogP contribution is -2.48. The van der Waals surface area contributed by atoms with E-state index in [1.165, 1.54) is 0 Å². The zero-order valence-electron chi connectivity index (χ0n) is 11.1. The molecule has 0 aromatic carbocycles. The number of oxazole rings is 1. The van der Waals surface area contributed by atoms with Crippen LogP contribution in [0, 0.1) is 0 Å². The fraction of sp³-hybridized carbons (Fsp3) is 0.667. The second-order valence-corrected chi connectivity index (χ2v) is 5.82. The third-order valence-electron chi connectivity index (χ3n) is 2.40. The van der Waals surface area contributed by atoms with Crippen molar-refractivity contribution in [3.8, 4) is 0 Å². The van der Waals surface area contributed by atoms with Crippen LogP contribution in [-0.4, -0.2) is 23.0 Å². The monoisotopic (exact) mass is 239 g/mol. The molecule has 1 aromatic rings. The van der Waals surface area contributed by atoms with Gasteiger partial charge in [0.25, 0.3) is 5.89 Å². The predicted octanol–water partition coefficient (Wildman–Crippen LogP) is 1.44. The molecule has 0 saturated carbocycles. The second-order valence-electron chi connectivity index (χ2n) is 5.82. The van der Waals surface area contributed by atoms with Crippen molar-refractivity contribution in [1.82, 2.24) is 10.3 Å². The van der Waals surface area contributed by atoms with Gasteiger partial charge in [-0.3, -0.25) is 4.79 Å². The summed E-state index contributed by atoms with van der Waals surface area (Å²) < 4.78 is 5.44. The van der Waals surface area contributed by atoms with Gasteiger partial charge in [0.1, 0.15) is 5.76 Å². The number of hydrogen-bond acceptors (Lipinski definition) is 4. The maximum atomic E-state index is 11.8. The molecule has 17 heavy (non-hydrogen) atoms. The number of amides is 1. The van der Waals surface area contributed by atoms with Crippen LogP contribution in [0.25, 0.3) is 0 Å². The van der Waals surface area contributed by atoms with Crippen molar-refractivity contribution < 1.29 is 9.21 Å². The molecule has 0 unspecified atom stereocenters. The molecule has 0 radical (unpaired) electrons. The van der Waals surface area contributed by atoms with E-state index in [2.05, 4.69) is 10.3 Å². The lowest BCUT2D eigenvalue weighted by molar-refractivity contribution is 0.0876. The SMILES string of the molecule is CC(C)(CN)NC(=O)c1ncc(C(C)(C)C)o1. The van der Waals surface area contributed by atoms with Crippen LogP contribution >= 0.6 is 0 Å². The van der Waals surface area contributed by atoms with Gasteiger partial charge in [0, 0.05) is 17.5 Å². The highest BCUT2D eigenvalue weighted by Gasteiger charge is 2.25. The number of aromatic nitrogens is 1. The van der Waals surface area contributed by atoms with Crippen LogP contribution in [-0.2, 0) is 5.41 Å². The molecule has 0 aliphatic carbocycles. The first-order valence-electron chi connectivity index (χ1n) is 5.64. The predicted molar refractivity (Wildman–Crippen MR) is 65.8 cm³/mol. The standard InChI is InChI=1S/C12H21N3O2/c1-11(2,3)8-6-14-10(17-8)9(16)15-12(4,5)7-13/h6H,7,13H2,1-5H3,(H,15,16). The van der Waals surface area contributed by atoms with E-state index in [9.17, 15) is 4.79 Å². The molecule has 5 nitrogen and oxygen atoms in total. The Morgan fingerprint density at radius 1 is 1.41 bits per heavy atom. The fourth-order valence-corrected chi connectivity index (χ4v) is 1.14. The molecule has 0 fully saturated rings. The summed E-state index contributed by atoms with van der Waals surface area (Å²) in [5.74, 6) is 0.431.